The molecule has 2 heterocycles. The highest BCUT2D eigenvalue weighted by molar-refractivity contribution is 7.98. The van der Waals surface area contributed by atoms with Crippen LogP contribution in [-0.2, 0) is 13.1 Å². The molecule has 7 heteroatoms. The van der Waals surface area contributed by atoms with Gasteiger partial charge in [0.2, 0.25) is 0 Å². The second-order valence-corrected chi connectivity index (χ2v) is 8.26. The van der Waals surface area contributed by atoms with Crippen molar-refractivity contribution in [2.24, 2.45) is 4.99 Å². The van der Waals surface area contributed by atoms with Gasteiger partial charge in [0.05, 0.1) is 0 Å². The van der Waals surface area contributed by atoms with Gasteiger partial charge in [-0.25, -0.2) is 4.98 Å². The van der Waals surface area contributed by atoms with Gasteiger partial charge in [0.15, 0.2) is 5.96 Å². The van der Waals surface area contributed by atoms with Crippen LogP contribution in [0.3, 0.4) is 0 Å². The van der Waals surface area contributed by atoms with Gasteiger partial charge in [-0.1, -0.05) is 18.2 Å². The van der Waals surface area contributed by atoms with Gasteiger partial charge in [-0.05, 0) is 37.1 Å². The van der Waals surface area contributed by atoms with Crippen LogP contribution in [0.15, 0.2) is 52.5 Å². The minimum atomic E-state index is 0.706. The van der Waals surface area contributed by atoms with Crippen LogP contribution >= 0.6 is 11.8 Å². The standard InChI is InChI=1S/C22H32N6S/c1-23-22(27(3)17-18-7-9-20(29-4)10-8-18)25-16-19-6-5-11-24-21(19)28-14-12-26(2)13-15-28/h5-11H,12-17H2,1-4H3,(H,23,25). The Labute approximate surface area is 179 Å². The van der Waals surface area contributed by atoms with E-state index in [0.717, 1.165) is 44.5 Å². The first-order chi connectivity index (χ1) is 14.1. The van der Waals surface area contributed by atoms with Gasteiger partial charge in [-0.2, -0.15) is 0 Å². The molecule has 0 radical (unpaired) electrons. The number of thioether (sulfide) groups is 1. The quantitative estimate of drug-likeness (QED) is 0.447. The summed E-state index contributed by atoms with van der Waals surface area (Å²) in [5.74, 6) is 1.96. The lowest BCUT2D eigenvalue weighted by Gasteiger charge is -2.34. The van der Waals surface area contributed by atoms with Gasteiger partial charge >= 0.3 is 0 Å². The van der Waals surface area contributed by atoms with E-state index in [9.17, 15) is 0 Å². The first-order valence-electron chi connectivity index (χ1n) is 10.0. The van der Waals surface area contributed by atoms with E-state index in [0.29, 0.717) is 6.54 Å². The maximum Gasteiger partial charge on any atom is 0.193 e. The summed E-state index contributed by atoms with van der Waals surface area (Å²) < 4.78 is 0. The molecule has 1 aromatic heterocycles. The van der Waals surface area contributed by atoms with Crippen LogP contribution in [0.5, 0.6) is 0 Å². The predicted molar refractivity (Wildman–Crippen MR) is 124 cm³/mol. The minimum Gasteiger partial charge on any atom is -0.354 e. The van der Waals surface area contributed by atoms with Gasteiger partial charge in [-0.15, -0.1) is 11.8 Å². The molecule has 2 aromatic rings. The van der Waals surface area contributed by atoms with E-state index < -0.39 is 0 Å². The highest BCUT2D eigenvalue weighted by Crippen LogP contribution is 2.19. The number of hydrogen-bond acceptors (Lipinski definition) is 5. The highest BCUT2D eigenvalue weighted by atomic mass is 32.2. The topological polar surface area (TPSA) is 47.0 Å². The van der Waals surface area contributed by atoms with Crippen LogP contribution in [0.25, 0.3) is 0 Å². The Balaban J connectivity index is 1.61. The molecular formula is C22H32N6S. The van der Waals surface area contributed by atoms with E-state index in [-0.39, 0.29) is 0 Å². The molecule has 1 aliphatic rings. The second kappa shape index (κ2) is 10.5. The first-order valence-corrected chi connectivity index (χ1v) is 11.2. The summed E-state index contributed by atoms with van der Waals surface area (Å²) in [6, 6.07) is 12.9. The molecule has 1 fully saturated rings. The van der Waals surface area contributed by atoms with Crippen LogP contribution in [-0.4, -0.2) is 74.3 Å². The summed E-state index contributed by atoms with van der Waals surface area (Å²) in [5, 5.41) is 3.51. The van der Waals surface area contributed by atoms with Gasteiger partial charge < -0.3 is 20.0 Å². The Hall–Kier alpha value is -2.25. The van der Waals surface area contributed by atoms with E-state index in [1.54, 1.807) is 11.8 Å². The molecule has 6 nitrogen and oxygen atoms in total. The fourth-order valence-electron chi connectivity index (χ4n) is 3.51. The van der Waals surface area contributed by atoms with E-state index in [1.165, 1.54) is 16.0 Å². The average Bonchev–Trinajstić information content (AvgIpc) is 2.75. The number of aromatic nitrogens is 1. The molecule has 0 saturated carbocycles. The number of guanidine groups is 1. The first kappa shape index (κ1) is 21.5. The normalized spacial score (nSPS) is 15.4. The van der Waals surface area contributed by atoms with Crippen LogP contribution < -0.4 is 10.2 Å². The smallest absolute Gasteiger partial charge is 0.193 e. The molecule has 3 rings (SSSR count). The number of hydrogen-bond donors (Lipinski definition) is 1. The molecule has 1 aliphatic heterocycles. The number of benzene rings is 1. The zero-order valence-corrected chi connectivity index (χ0v) is 18.7. The number of rotatable bonds is 6. The number of nitrogens with one attached hydrogen (secondary N) is 1. The number of nitrogens with zero attached hydrogens (tertiary/aromatic N) is 5. The van der Waals surface area contributed by atoms with Gasteiger partial charge in [0.1, 0.15) is 5.82 Å². The van der Waals surface area contributed by atoms with Gasteiger partial charge in [0, 0.05) is 70.0 Å². The van der Waals surface area contributed by atoms with Crippen LogP contribution in [0.2, 0.25) is 0 Å². The molecule has 0 spiro atoms. The number of anilines is 1. The van der Waals surface area contributed by atoms with Crippen molar-refractivity contribution in [3.63, 3.8) is 0 Å². The van der Waals surface area contributed by atoms with Crippen molar-refractivity contribution in [1.29, 1.82) is 0 Å². The van der Waals surface area contributed by atoms with Crippen molar-refractivity contribution in [3.8, 4) is 0 Å². The Bertz CT molecular complexity index is 799. The van der Waals surface area contributed by atoms with Crippen molar-refractivity contribution in [1.82, 2.24) is 20.1 Å². The summed E-state index contributed by atoms with van der Waals surface area (Å²) in [5.41, 5.74) is 2.48. The maximum absolute atomic E-state index is 4.67. The summed E-state index contributed by atoms with van der Waals surface area (Å²) in [7, 11) is 6.08. The largest absolute Gasteiger partial charge is 0.354 e. The van der Waals surface area contributed by atoms with E-state index in [4.69, 9.17) is 0 Å². The fourth-order valence-corrected chi connectivity index (χ4v) is 3.92. The number of pyridine rings is 1. The van der Waals surface area contributed by atoms with E-state index in [1.807, 2.05) is 19.3 Å². The Kier molecular flexibility index (Phi) is 7.77. The zero-order valence-electron chi connectivity index (χ0n) is 17.9. The Morgan fingerprint density at radius 3 is 2.55 bits per heavy atom. The zero-order chi connectivity index (χ0) is 20.6. The van der Waals surface area contributed by atoms with Gasteiger partial charge in [0.25, 0.3) is 0 Å². The summed E-state index contributed by atoms with van der Waals surface area (Å²) in [6.45, 7) is 5.69. The number of aliphatic imine (C=N–C) groups is 1. The lowest BCUT2D eigenvalue weighted by Crippen LogP contribution is -2.45. The predicted octanol–water partition coefficient (Wildman–Crippen LogP) is 2.76. The lowest BCUT2D eigenvalue weighted by molar-refractivity contribution is 0.311. The minimum absolute atomic E-state index is 0.706. The van der Waals surface area contributed by atoms with Crippen LogP contribution in [0.4, 0.5) is 5.82 Å². The lowest BCUT2D eigenvalue weighted by atomic mass is 10.2. The Morgan fingerprint density at radius 2 is 1.90 bits per heavy atom. The highest BCUT2D eigenvalue weighted by Gasteiger charge is 2.18. The summed E-state index contributed by atoms with van der Waals surface area (Å²) in [4.78, 5) is 17.3. The molecule has 1 saturated heterocycles. The molecule has 0 bridgehead atoms. The van der Waals surface area contributed by atoms with Crippen molar-refractivity contribution in [3.05, 3.63) is 53.7 Å². The molecule has 0 atom stereocenters. The molecule has 1 N–H and O–H groups in total. The average molecular weight is 413 g/mol. The fraction of sp³-hybridized carbons (Fsp3) is 0.455. The van der Waals surface area contributed by atoms with Crippen molar-refractivity contribution >= 4 is 23.5 Å². The molecule has 0 unspecified atom stereocenters. The summed E-state index contributed by atoms with van der Waals surface area (Å²) in [6.07, 6.45) is 3.98. The molecular weight excluding hydrogens is 380 g/mol. The van der Waals surface area contributed by atoms with E-state index in [2.05, 4.69) is 80.7 Å². The van der Waals surface area contributed by atoms with Crippen molar-refractivity contribution < 1.29 is 0 Å². The third-order valence-electron chi connectivity index (χ3n) is 5.26. The monoisotopic (exact) mass is 412 g/mol. The Morgan fingerprint density at radius 1 is 1.17 bits per heavy atom. The summed E-state index contributed by atoms with van der Waals surface area (Å²) >= 11 is 1.76. The van der Waals surface area contributed by atoms with Crippen molar-refractivity contribution in [2.75, 3.05) is 58.5 Å². The van der Waals surface area contributed by atoms with Gasteiger partial charge in [-0.3, -0.25) is 4.99 Å². The SMILES string of the molecule is CN=C(NCc1cccnc1N1CCN(C)CC1)N(C)Cc1ccc(SC)cc1. The van der Waals surface area contributed by atoms with Crippen molar-refractivity contribution in [2.45, 2.75) is 18.0 Å². The molecule has 156 valence electrons. The number of piperazine rings is 1. The maximum atomic E-state index is 4.67. The number of likely N-dealkylation sites (N-methyl/N-ethyl adjacent to an activating group) is 1. The third-order valence-corrected chi connectivity index (χ3v) is 6.00. The van der Waals surface area contributed by atoms with Crippen LogP contribution in [0, 0.1) is 0 Å². The van der Waals surface area contributed by atoms with E-state index >= 15 is 0 Å². The molecule has 0 aliphatic carbocycles. The molecule has 29 heavy (non-hydrogen) atoms. The van der Waals surface area contributed by atoms with Crippen LogP contribution in [0.1, 0.15) is 11.1 Å². The second-order valence-electron chi connectivity index (χ2n) is 7.38. The third kappa shape index (κ3) is 5.87. The molecule has 0 amide bonds. The molecule has 1 aromatic carbocycles.